The maximum absolute atomic E-state index is 4.64. The summed E-state index contributed by atoms with van der Waals surface area (Å²) < 4.78 is 4.64. The number of rotatable bonds is 3. The van der Waals surface area contributed by atoms with Crippen molar-refractivity contribution < 1.29 is 4.52 Å². The molecule has 1 aromatic heterocycles. The fourth-order valence-corrected chi connectivity index (χ4v) is 1.81. The summed E-state index contributed by atoms with van der Waals surface area (Å²) >= 11 is 1.72. The minimum absolute atomic E-state index is 0.589. The number of hydrogen-bond acceptors (Lipinski definition) is 4. The van der Waals surface area contributed by atoms with Gasteiger partial charge in [0.1, 0.15) is 0 Å². The van der Waals surface area contributed by atoms with Gasteiger partial charge >= 0.3 is 0 Å². The highest BCUT2D eigenvalue weighted by Crippen LogP contribution is 2.21. The molecule has 76 valence electrons. The average Bonchev–Trinajstić information content (AvgIpc) is 2.79. The highest BCUT2D eigenvalue weighted by atomic mass is 32.2. The van der Waals surface area contributed by atoms with Crippen LogP contribution >= 0.6 is 11.8 Å². The topological polar surface area (TPSA) is 38.9 Å². The van der Waals surface area contributed by atoms with Crippen molar-refractivity contribution in [2.45, 2.75) is 4.90 Å². The molecule has 0 aliphatic heterocycles. The van der Waals surface area contributed by atoms with Gasteiger partial charge in [0.15, 0.2) is 5.82 Å². The molecule has 0 bridgehead atoms. The first-order valence-electron chi connectivity index (χ1n) is 4.47. The van der Waals surface area contributed by atoms with Crippen molar-refractivity contribution in [3.8, 4) is 0 Å². The molecule has 0 fully saturated rings. The highest BCUT2D eigenvalue weighted by Gasteiger charge is 1.96. The standard InChI is InChI=1S/C11H10N2OS/c1-15-10-5-3-2-4-9(10)6-7-11-12-8-14-13-11/h2-8H,1H3. The molecule has 0 N–H and O–H groups in total. The van der Waals surface area contributed by atoms with Crippen molar-refractivity contribution in [2.75, 3.05) is 6.26 Å². The summed E-state index contributed by atoms with van der Waals surface area (Å²) in [6.45, 7) is 0. The lowest BCUT2D eigenvalue weighted by molar-refractivity contribution is 0.415. The van der Waals surface area contributed by atoms with Crippen LogP contribution in [-0.4, -0.2) is 16.4 Å². The summed E-state index contributed by atoms with van der Waals surface area (Å²) in [7, 11) is 0. The molecular weight excluding hydrogens is 208 g/mol. The Labute approximate surface area is 92.2 Å². The Balaban J connectivity index is 2.24. The van der Waals surface area contributed by atoms with Crippen LogP contribution in [0.1, 0.15) is 11.4 Å². The Kier molecular flexibility index (Phi) is 3.19. The van der Waals surface area contributed by atoms with E-state index in [2.05, 4.69) is 33.1 Å². The SMILES string of the molecule is CSc1ccccc1C=Cc1ncon1. The van der Waals surface area contributed by atoms with Gasteiger partial charge in [-0.1, -0.05) is 23.4 Å². The minimum atomic E-state index is 0.589. The summed E-state index contributed by atoms with van der Waals surface area (Å²) in [4.78, 5) is 5.15. The van der Waals surface area contributed by atoms with Crippen molar-refractivity contribution in [3.05, 3.63) is 42.0 Å². The molecule has 0 atom stereocenters. The Morgan fingerprint density at radius 2 is 2.13 bits per heavy atom. The van der Waals surface area contributed by atoms with Crippen LogP contribution in [0.2, 0.25) is 0 Å². The van der Waals surface area contributed by atoms with Gasteiger partial charge in [-0.25, -0.2) is 0 Å². The molecule has 1 heterocycles. The smallest absolute Gasteiger partial charge is 0.214 e. The molecule has 2 rings (SSSR count). The molecule has 15 heavy (non-hydrogen) atoms. The van der Waals surface area contributed by atoms with Gasteiger partial charge in [0.2, 0.25) is 6.39 Å². The lowest BCUT2D eigenvalue weighted by atomic mass is 10.2. The molecule has 2 aromatic rings. The van der Waals surface area contributed by atoms with Gasteiger partial charge in [-0.05, 0) is 30.0 Å². The third-order valence-electron chi connectivity index (χ3n) is 1.93. The normalized spacial score (nSPS) is 11.0. The monoisotopic (exact) mass is 218 g/mol. The number of hydrogen-bond donors (Lipinski definition) is 0. The summed E-state index contributed by atoms with van der Waals surface area (Å²) in [5, 5.41) is 3.71. The number of nitrogens with zero attached hydrogens (tertiary/aromatic N) is 2. The van der Waals surface area contributed by atoms with Gasteiger partial charge < -0.3 is 4.52 Å². The van der Waals surface area contributed by atoms with E-state index in [1.165, 1.54) is 11.3 Å². The van der Waals surface area contributed by atoms with E-state index in [9.17, 15) is 0 Å². The van der Waals surface area contributed by atoms with Gasteiger partial charge in [0, 0.05) is 4.90 Å². The number of aromatic nitrogens is 2. The summed E-state index contributed by atoms with van der Waals surface area (Å²) in [6, 6.07) is 8.18. The molecule has 1 aromatic carbocycles. The molecular formula is C11H10N2OS. The lowest BCUT2D eigenvalue weighted by Crippen LogP contribution is -1.78. The predicted molar refractivity (Wildman–Crippen MR) is 61.4 cm³/mol. The number of thioether (sulfide) groups is 1. The predicted octanol–water partition coefficient (Wildman–Crippen LogP) is 2.96. The second-order valence-corrected chi connectivity index (χ2v) is 3.71. The fraction of sp³-hybridized carbons (Fsp3) is 0.0909. The maximum atomic E-state index is 4.64. The van der Waals surface area contributed by atoms with Crippen LogP contribution in [0.3, 0.4) is 0 Å². The van der Waals surface area contributed by atoms with E-state index in [1.54, 1.807) is 11.8 Å². The van der Waals surface area contributed by atoms with Crippen LogP contribution in [-0.2, 0) is 0 Å². The molecule has 0 aliphatic carbocycles. The van der Waals surface area contributed by atoms with E-state index in [0.29, 0.717) is 5.82 Å². The zero-order chi connectivity index (χ0) is 10.5. The fourth-order valence-electron chi connectivity index (χ4n) is 1.22. The van der Waals surface area contributed by atoms with Gasteiger partial charge in [-0.3, -0.25) is 0 Å². The molecule has 4 heteroatoms. The van der Waals surface area contributed by atoms with Crippen molar-refractivity contribution in [3.63, 3.8) is 0 Å². The molecule has 0 saturated heterocycles. The van der Waals surface area contributed by atoms with Crippen molar-refractivity contribution in [2.24, 2.45) is 0 Å². The van der Waals surface area contributed by atoms with Crippen molar-refractivity contribution in [1.82, 2.24) is 10.1 Å². The first kappa shape index (κ1) is 9.98. The van der Waals surface area contributed by atoms with Crippen LogP contribution in [0, 0.1) is 0 Å². The first-order valence-corrected chi connectivity index (χ1v) is 5.70. The molecule has 0 aliphatic rings. The van der Waals surface area contributed by atoms with E-state index < -0.39 is 0 Å². The lowest BCUT2D eigenvalue weighted by Gasteiger charge is -2.00. The van der Waals surface area contributed by atoms with E-state index in [-0.39, 0.29) is 0 Å². The second kappa shape index (κ2) is 4.79. The Hall–Kier alpha value is -1.55. The molecule has 0 unspecified atom stereocenters. The van der Waals surface area contributed by atoms with Crippen LogP contribution in [0.4, 0.5) is 0 Å². The minimum Gasteiger partial charge on any atom is -0.342 e. The second-order valence-electron chi connectivity index (χ2n) is 2.86. The summed E-state index contributed by atoms with van der Waals surface area (Å²) in [5.41, 5.74) is 1.16. The molecule has 3 nitrogen and oxygen atoms in total. The van der Waals surface area contributed by atoms with Crippen LogP contribution < -0.4 is 0 Å². The van der Waals surface area contributed by atoms with Gasteiger partial charge in [-0.2, -0.15) is 4.98 Å². The van der Waals surface area contributed by atoms with Crippen molar-refractivity contribution >= 4 is 23.9 Å². The van der Waals surface area contributed by atoms with Gasteiger partial charge in [0.05, 0.1) is 0 Å². The largest absolute Gasteiger partial charge is 0.342 e. The van der Waals surface area contributed by atoms with Crippen molar-refractivity contribution in [1.29, 1.82) is 0 Å². The zero-order valence-corrected chi connectivity index (χ0v) is 9.07. The average molecular weight is 218 g/mol. The highest BCUT2D eigenvalue weighted by molar-refractivity contribution is 7.98. The zero-order valence-electron chi connectivity index (χ0n) is 8.25. The number of benzene rings is 1. The summed E-state index contributed by atoms with van der Waals surface area (Å²) in [6.07, 6.45) is 7.19. The molecule has 0 saturated carbocycles. The van der Waals surface area contributed by atoms with Crippen LogP contribution in [0.5, 0.6) is 0 Å². The maximum Gasteiger partial charge on any atom is 0.214 e. The molecule has 0 radical (unpaired) electrons. The summed E-state index contributed by atoms with van der Waals surface area (Å²) in [5.74, 6) is 0.589. The van der Waals surface area contributed by atoms with Gasteiger partial charge in [0.25, 0.3) is 0 Å². The Morgan fingerprint density at radius 1 is 1.27 bits per heavy atom. The van der Waals surface area contributed by atoms with E-state index >= 15 is 0 Å². The van der Waals surface area contributed by atoms with Crippen LogP contribution in [0.15, 0.2) is 40.1 Å². The van der Waals surface area contributed by atoms with E-state index in [1.807, 2.05) is 24.3 Å². The third kappa shape index (κ3) is 2.47. The van der Waals surface area contributed by atoms with E-state index in [4.69, 9.17) is 0 Å². The molecule has 0 amide bonds. The Morgan fingerprint density at radius 3 is 2.87 bits per heavy atom. The van der Waals surface area contributed by atoms with Crippen LogP contribution in [0.25, 0.3) is 12.2 Å². The van der Waals surface area contributed by atoms with Gasteiger partial charge in [-0.15, -0.1) is 11.8 Å². The third-order valence-corrected chi connectivity index (χ3v) is 2.74. The first-order chi connectivity index (χ1) is 7.40. The van der Waals surface area contributed by atoms with E-state index in [0.717, 1.165) is 5.56 Å². The molecule has 0 spiro atoms. The Bertz CT molecular complexity index is 451. The quantitative estimate of drug-likeness (QED) is 0.742.